The van der Waals surface area contributed by atoms with Crippen LogP contribution >= 0.6 is 0 Å². The molecule has 1 spiro atoms. The van der Waals surface area contributed by atoms with Gasteiger partial charge in [-0.2, -0.15) is 0 Å². The standard InChI is InChI=1S/C17H30N2O/c20-16(8-7-15-5-1-2-6-15)19-12-4-10-17(14-19)9-3-11-18-13-17/h15,18H,1-14H2. The molecule has 20 heavy (non-hydrogen) atoms. The minimum absolute atomic E-state index is 0.402. The fourth-order valence-corrected chi connectivity index (χ4v) is 4.58. The van der Waals surface area contributed by atoms with Crippen molar-refractivity contribution in [2.75, 3.05) is 26.2 Å². The average Bonchev–Trinajstić information content (AvgIpc) is 2.99. The highest BCUT2D eigenvalue weighted by Crippen LogP contribution is 2.36. The van der Waals surface area contributed by atoms with Crippen LogP contribution < -0.4 is 5.32 Å². The maximum Gasteiger partial charge on any atom is 0.222 e. The third kappa shape index (κ3) is 3.36. The monoisotopic (exact) mass is 278 g/mol. The summed E-state index contributed by atoms with van der Waals surface area (Å²) in [6.07, 6.45) is 12.5. The Bertz CT molecular complexity index is 324. The van der Waals surface area contributed by atoms with Gasteiger partial charge in [0, 0.05) is 31.5 Å². The van der Waals surface area contributed by atoms with Crippen molar-refractivity contribution >= 4 is 5.91 Å². The molecule has 3 aliphatic rings. The summed E-state index contributed by atoms with van der Waals surface area (Å²) < 4.78 is 0. The molecule has 1 saturated carbocycles. The second-order valence-electron chi connectivity index (χ2n) is 7.39. The van der Waals surface area contributed by atoms with E-state index in [-0.39, 0.29) is 0 Å². The average molecular weight is 278 g/mol. The van der Waals surface area contributed by atoms with Crippen LogP contribution in [0.2, 0.25) is 0 Å². The van der Waals surface area contributed by atoms with E-state index in [2.05, 4.69) is 10.2 Å². The fourth-order valence-electron chi connectivity index (χ4n) is 4.58. The van der Waals surface area contributed by atoms with E-state index in [0.717, 1.165) is 44.9 Å². The lowest BCUT2D eigenvalue weighted by molar-refractivity contribution is -0.135. The van der Waals surface area contributed by atoms with Crippen molar-refractivity contribution in [1.29, 1.82) is 0 Å². The van der Waals surface area contributed by atoms with Gasteiger partial charge in [-0.1, -0.05) is 25.7 Å². The van der Waals surface area contributed by atoms with Gasteiger partial charge in [0.1, 0.15) is 0 Å². The molecule has 2 heterocycles. The van der Waals surface area contributed by atoms with Crippen LogP contribution in [0.15, 0.2) is 0 Å². The maximum atomic E-state index is 12.5. The molecular formula is C17H30N2O. The number of carbonyl (C=O) groups excluding carboxylic acids is 1. The molecule has 0 radical (unpaired) electrons. The minimum Gasteiger partial charge on any atom is -0.342 e. The van der Waals surface area contributed by atoms with Gasteiger partial charge < -0.3 is 10.2 Å². The third-order valence-corrected chi connectivity index (χ3v) is 5.82. The molecule has 3 fully saturated rings. The molecule has 2 saturated heterocycles. The number of amides is 1. The normalized spacial score (nSPS) is 31.9. The molecule has 0 bridgehead atoms. The largest absolute Gasteiger partial charge is 0.342 e. The molecule has 0 aromatic carbocycles. The lowest BCUT2D eigenvalue weighted by atomic mass is 9.74. The number of likely N-dealkylation sites (tertiary alicyclic amines) is 1. The summed E-state index contributed by atoms with van der Waals surface area (Å²) >= 11 is 0. The van der Waals surface area contributed by atoms with Crippen LogP contribution in [-0.4, -0.2) is 37.0 Å². The summed E-state index contributed by atoms with van der Waals surface area (Å²) in [5, 5.41) is 3.54. The Morgan fingerprint density at radius 1 is 1.15 bits per heavy atom. The quantitative estimate of drug-likeness (QED) is 0.861. The van der Waals surface area contributed by atoms with Gasteiger partial charge >= 0.3 is 0 Å². The van der Waals surface area contributed by atoms with Crippen LogP contribution in [0.3, 0.4) is 0 Å². The lowest BCUT2D eigenvalue weighted by Gasteiger charge is -2.45. The van der Waals surface area contributed by atoms with Gasteiger partial charge in [-0.25, -0.2) is 0 Å². The molecule has 3 nitrogen and oxygen atoms in total. The van der Waals surface area contributed by atoms with Crippen molar-refractivity contribution in [1.82, 2.24) is 10.2 Å². The number of rotatable bonds is 3. The van der Waals surface area contributed by atoms with E-state index in [1.54, 1.807) is 0 Å². The van der Waals surface area contributed by atoms with Gasteiger partial charge in [0.25, 0.3) is 0 Å². The first-order valence-corrected chi connectivity index (χ1v) is 8.76. The van der Waals surface area contributed by atoms with Gasteiger partial charge in [0.15, 0.2) is 0 Å². The van der Waals surface area contributed by atoms with Crippen LogP contribution in [0.25, 0.3) is 0 Å². The summed E-state index contributed by atoms with van der Waals surface area (Å²) in [5.74, 6) is 1.27. The number of piperidine rings is 2. The van der Waals surface area contributed by atoms with Gasteiger partial charge in [0.2, 0.25) is 5.91 Å². The zero-order valence-electron chi connectivity index (χ0n) is 12.8. The van der Waals surface area contributed by atoms with Gasteiger partial charge in [-0.15, -0.1) is 0 Å². The van der Waals surface area contributed by atoms with Crippen molar-refractivity contribution < 1.29 is 4.79 Å². The third-order valence-electron chi connectivity index (χ3n) is 5.82. The molecule has 0 aromatic heterocycles. The van der Waals surface area contributed by atoms with E-state index in [1.165, 1.54) is 51.4 Å². The molecule has 3 heteroatoms. The van der Waals surface area contributed by atoms with Crippen molar-refractivity contribution in [2.45, 2.75) is 64.2 Å². The first-order valence-electron chi connectivity index (χ1n) is 8.76. The van der Waals surface area contributed by atoms with E-state index >= 15 is 0 Å². The highest BCUT2D eigenvalue weighted by Gasteiger charge is 2.37. The summed E-state index contributed by atoms with van der Waals surface area (Å²) in [6, 6.07) is 0. The predicted octanol–water partition coefficient (Wildman–Crippen LogP) is 2.95. The van der Waals surface area contributed by atoms with Crippen LogP contribution in [-0.2, 0) is 4.79 Å². The Kier molecular flexibility index (Phi) is 4.65. The van der Waals surface area contributed by atoms with Crippen LogP contribution in [0.4, 0.5) is 0 Å². The van der Waals surface area contributed by atoms with Crippen molar-refractivity contribution in [3.63, 3.8) is 0 Å². The summed E-state index contributed by atoms with van der Waals surface area (Å²) in [7, 11) is 0. The van der Waals surface area contributed by atoms with E-state index in [0.29, 0.717) is 11.3 Å². The van der Waals surface area contributed by atoms with Crippen molar-refractivity contribution in [3.05, 3.63) is 0 Å². The second-order valence-corrected chi connectivity index (χ2v) is 7.39. The minimum atomic E-state index is 0.402. The molecule has 0 aromatic rings. The molecule has 1 aliphatic carbocycles. The molecule has 1 unspecified atom stereocenters. The summed E-state index contributed by atoms with van der Waals surface area (Å²) in [6.45, 7) is 4.31. The number of hydrogen-bond donors (Lipinski definition) is 1. The highest BCUT2D eigenvalue weighted by molar-refractivity contribution is 5.76. The van der Waals surface area contributed by atoms with Crippen molar-refractivity contribution in [3.8, 4) is 0 Å². The Morgan fingerprint density at radius 3 is 2.70 bits per heavy atom. The van der Waals surface area contributed by atoms with E-state index in [9.17, 15) is 4.79 Å². The molecule has 1 atom stereocenters. The molecule has 3 rings (SSSR count). The van der Waals surface area contributed by atoms with E-state index in [1.807, 2.05) is 0 Å². The molecular weight excluding hydrogens is 248 g/mol. The second kappa shape index (κ2) is 6.46. The SMILES string of the molecule is O=C(CCC1CCCC1)N1CCCC2(CCCNC2)C1. The van der Waals surface area contributed by atoms with Gasteiger partial charge in [-0.05, 0) is 44.6 Å². The number of nitrogens with one attached hydrogen (secondary N) is 1. The number of carbonyl (C=O) groups is 1. The van der Waals surface area contributed by atoms with Crippen LogP contribution in [0.5, 0.6) is 0 Å². The van der Waals surface area contributed by atoms with Gasteiger partial charge in [-0.3, -0.25) is 4.79 Å². The molecule has 1 amide bonds. The van der Waals surface area contributed by atoms with E-state index < -0.39 is 0 Å². The number of nitrogens with zero attached hydrogens (tertiary/aromatic N) is 1. The summed E-state index contributed by atoms with van der Waals surface area (Å²) in [5.41, 5.74) is 0.402. The molecule has 1 N–H and O–H groups in total. The zero-order chi connectivity index (χ0) is 13.8. The summed E-state index contributed by atoms with van der Waals surface area (Å²) in [4.78, 5) is 14.7. The fraction of sp³-hybridized carbons (Fsp3) is 0.941. The number of hydrogen-bond acceptors (Lipinski definition) is 2. The first kappa shape index (κ1) is 14.4. The highest BCUT2D eigenvalue weighted by atomic mass is 16.2. The first-order chi connectivity index (χ1) is 9.77. The Morgan fingerprint density at radius 2 is 1.95 bits per heavy atom. The maximum absolute atomic E-state index is 12.5. The van der Waals surface area contributed by atoms with Gasteiger partial charge in [0.05, 0.1) is 0 Å². The lowest BCUT2D eigenvalue weighted by Crippen LogP contribution is -2.52. The van der Waals surface area contributed by atoms with E-state index in [4.69, 9.17) is 0 Å². The zero-order valence-corrected chi connectivity index (χ0v) is 12.8. The van der Waals surface area contributed by atoms with Crippen molar-refractivity contribution in [2.24, 2.45) is 11.3 Å². The van der Waals surface area contributed by atoms with Crippen LogP contribution in [0.1, 0.15) is 64.2 Å². The Balaban J connectivity index is 1.49. The Labute approximate surface area is 123 Å². The molecule has 2 aliphatic heterocycles. The van der Waals surface area contributed by atoms with Crippen LogP contribution in [0, 0.1) is 11.3 Å². The molecule has 114 valence electrons. The Hall–Kier alpha value is -0.570. The smallest absolute Gasteiger partial charge is 0.222 e. The predicted molar refractivity (Wildman–Crippen MR) is 81.5 cm³/mol. The topological polar surface area (TPSA) is 32.3 Å².